The number of hydrogen-bond acceptors (Lipinski definition) is 3. The minimum Gasteiger partial charge on any atom is -0.377 e. The smallest absolute Gasteiger partial charge is 0.0709 e. The lowest BCUT2D eigenvalue weighted by Crippen LogP contribution is -2.35. The van der Waals surface area contributed by atoms with Crippen molar-refractivity contribution in [2.24, 2.45) is 17.6 Å². The highest BCUT2D eigenvalue weighted by atomic mass is 16.5. The van der Waals surface area contributed by atoms with Crippen LogP contribution in [0.4, 0.5) is 0 Å². The molecule has 17 heavy (non-hydrogen) atoms. The predicted molar refractivity (Wildman–Crippen MR) is 75.2 cm³/mol. The van der Waals surface area contributed by atoms with E-state index in [1.165, 1.54) is 13.1 Å². The monoisotopic (exact) mass is 244 g/mol. The van der Waals surface area contributed by atoms with Gasteiger partial charge in [-0.1, -0.05) is 27.7 Å². The first kappa shape index (κ1) is 16.9. The lowest BCUT2D eigenvalue weighted by molar-refractivity contribution is 0.0520. The van der Waals surface area contributed by atoms with E-state index in [4.69, 9.17) is 10.5 Å². The molecule has 0 fully saturated rings. The Hall–Kier alpha value is -0.120. The number of nitrogens with zero attached hydrogens (tertiary/aromatic N) is 1. The molecule has 0 aliphatic heterocycles. The number of nitrogens with two attached hydrogens (primary N) is 1. The van der Waals surface area contributed by atoms with Crippen LogP contribution >= 0.6 is 0 Å². The maximum absolute atomic E-state index is 5.70. The topological polar surface area (TPSA) is 38.5 Å². The van der Waals surface area contributed by atoms with E-state index in [0.29, 0.717) is 6.54 Å². The average Bonchev–Trinajstić information content (AvgIpc) is 2.22. The highest BCUT2D eigenvalue weighted by molar-refractivity contribution is 4.67. The van der Waals surface area contributed by atoms with Crippen molar-refractivity contribution in [3.05, 3.63) is 0 Å². The van der Waals surface area contributed by atoms with Gasteiger partial charge in [-0.3, -0.25) is 0 Å². The Bertz CT molecular complexity index is 162. The van der Waals surface area contributed by atoms with Crippen LogP contribution in [0.15, 0.2) is 0 Å². The van der Waals surface area contributed by atoms with Crippen LogP contribution in [-0.4, -0.2) is 43.8 Å². The summed E-state index contributed by atoms with van der Waals surface area (Å²) in [6, 6.07) is 0. The van der Waals surface area contributed by atoms with E-state index in [1.807, 2.05) is 6.92 Å². The molecule has 0 rings (SSSR count). The molecule has 3 nitrogen and oxygen atoms in total. The summed E-state index contributed by atoms with van der Waals surface area (Å²) >= 11 is 0. The fourth-order valence-corrected chi connectivity index (χ4v) is 2.12. The number of ether oxygens (including phenoxy) is 1. The summed E-state index contributed by atoms with van der Waals surface area (Å²) in [4.78, 5) is 2.54. The molecule has 0 aromatic rings. The summed E-state index contributed by atoms with van der Waals surface area (Å²) in [5, 5.41) is 0. The Kier molecular flexibility index (Phi) is 9.79. The van der Waals surface area contributed by atoms with Gasteiger partial charge in [0, 0.05) is 32.8 Å². The molecule has 0 spiro atoms. The molecule has 0 amide bonds. The fraction of sp³-hybridized carbons (Fsp3) is 1.00. The average molecular weight is 244 g/mol. The van der Waals surface area contributed by atoms with Gasteiger partial charge in [0.05, 0.1) is 6.10 Å². The summed E-state index contributed by atoms with van der Waals surface area (Å²) in [5.41, 5.74) is 5.70. The SMILES string of the molecule is CCOC(CN)CCN(CC(C)C)CC(C)C. The van der Waals surface area contributed by atoms with Crippen molar-refractivity contribution in [3.63, 3.8) is 0 Å². The highest BCUT2D eigenvalue weighted by Crippen LogP contribution is 2.07. The van der Waals surface area contributed by atoms with E-state index >= 15 is 0 Å². The van der Waals surface area contributed by atoms with E-state index in [2.05, 4.69) is 32.6 Å². The molecular formula is C14H32N2O. The summed E-state index contributed by atoms with van der Waals surface area (Å²) in [5.74, 6) is 1.44. The van der Waals surface area contributed by atoms with Crippen LogP contribution < -0.4 is 5.73 Å². The molecule has 0 bridgehead atoms. The van der Waals surface area contributed by atoms with Crippen LogP contribution in [0.5, 0.6) is 0 Å². The minimum atomic E-state index is 0.224. The van der Waals surface area contributed by atoms with Gasteiger partial charge in [-0.25, -0.2) is 0 Å². The van der Waals surface area contributed by atoms with Gasteiger partial charge in [0.15, 0.2) is 0 Å². The molecule has 3 heteroatoms. The minimum absolute atomic E-state index is 0.224. The van der Waals surface area contributed by atoms with Crippen molar-refractivity contribution >= 4 is 0 Å². The molecule has 0 aliphatic rings. The molecule has 0 radical (unpaired) electrons. The van der Waals surface area contributed by atoms with Crippen LogP contribution in [0.1, 0.15) is 41.0 Å². The van der Waals surface area contributed by atoms with Crippen LogP contribution in [0, 0.1) is 11.8 Å². The summed E-state index contributed by atoms with van der Waals surface area (Å²) in [6.07, 6.45) is 1.27. The largest absolute Gasteiger partial charge is 0.377 e. The zero-order valence-electron chi connectivity index (χ0n) is 12.4. The van der Waals surface area contributed by atoms with E-state index in [0.717, 1.165) is 31.4 Å². The van der Waals surface area contributed by atoms with Crippen LogP contribution in [0.3, 0.4) is 0 Å². The van der Waals surface area contributed by atoms with Gasteiger partial charge in [-0.05, 0) is 25.2 Å². The molecule has 2 N–H and O–H groups in total. The Morgan fingerprint density at radius 2 is 1.59 bits per heavy atom. The maximum Gasteiger partial charge on any atom is 0.0709 e. The van der Waals surface area contributed by atoms with Crippen LogP contribution in [0.25, 0.3) is 0 Å². The zero-order valence-corrected chi connectivity index (χ0v) is 12.4. The van der Waals surface area contributed by atoms with E-state index < -0.39 is 0 Å². The molecule has 0 heterocycles. The van der Waals surface area contributed by atoms with Gasteiger partial charge in [0.25, 0.3) is 0 Å². The number of hydrogen-bond donors (Lipinski definition) is 1. The quantitative estimate of drug-likeness (QED) is 0.641. The van der Waals surface area contributed by atoms with Gasteiger partial charge in [0.2, 0.25) is 0 Å². The summed E-state index contributed by atoms with van der Waals surface area (Å²) in [6.45, 7) is 15.9. The Balaban J connectivity index is 4.03. The molecule has 0 aromatic heterocycles. The Labute approximate surface area is 108 Å². The Morgan fingerprint density at radius 1 is 1.06 bits per heavy atom. The van der Waals surface area contributed by atoms with Gasteiger partial charge < -0.3 is 15.4 Å². The van der Waals surface area contributed by atoms with E-state index in [1.54, 1.807) is 0 Å². The normalized spacial score (nSPS) is 13.9. The molecule has 0 aromatic carbocycles. The standard InChI is InChI=1S/C14H32N2O/c1-6-17-14(9-15)7-8-16(10-12(2)3)11-13(4)5/h12-14H,6-11,15H2,1-5H3. The second-order valence-electron chi connectivity index (χ2n) is 5.65. The first-order chi connectivity index (χ1) is 7.99. The van der Waals surface area contributed by atoms with Crippen molar-refractivity contribution in [2.45, 2.75) is 47.1 Å². The van der Waals surface area contributed by atoms with E-state index in [9.17, 15) is 0 Å². The maximum atomic E-state index is 5.70. The summed E-state index contributed by atoms with van der Waals surface area (Å²) < 4.78 is 5.60. The second kappa shape index (κ2) is 9.86. The predicted octanol–water partition coefficient (Wildman–Crippen LogP) is 2.35. The molecule has 0 aliphatic carbocycles. The van der Waals surface area contributed by atoms with Gasteiger partial charge >= 0.3 is 0 Å². The molecule has 1 unspecified atom stereocenters. The van der Waals surface area contributed by atoms with Gasteiger partial charge in [-0.2, -0.15) is 0 Å². The molecule has 1 atom stereocenters. The molecule has 0 saturated heterocycles. The van der Waals surface area contributed by atoms with Crippen molar-refractivity contribution in [1.29, 1.82) is 0 Å². The molecular weight excluding hydrogens is 212 g/mol. The van der Waals surface area contributed by atoms with Crippen molar-refractivity contribution in [2.75, 3.05) is 32.8 Å². The second-order valence-corrected chi connectivity index (χ2v) is 5.65. The lowest BCUT2D eigenvalue weighted by Gasteiger charge is -2.27. The first-order valence-corrected chi connectivity index (χ1v) is 7.03. The van der Waals surface area contributed by atoms with Crippen molar-refractivity contribution in [3.8, 4) is 0 Å². The lowest BCUT2D eigenvalue weighted by atomic mass is 10.1. The number of rotatable bonds is 10. The van der Waals surface area contributed by atoms with Crippen LogP contribution in [-0.2, 0) is 4.74 Å². The fourth-order valence-electron chi connectivity index (χ4n) is 2.12. The molecule has 104 valence electrons. The summed E-state index contributed by atoms with van der Waals surface area (Å²) in [7, 11) is 0. The molecule has 0 saturated carbocycles. The van der Waals surface area contributed by atoms with Gasteiger partial charge in [-0.15, -0.1) is 0 Å². The third kappa shape index (κ3) is 9.57. The van der Waals surface area contributed by atoms with Crippen molar-refractivity contribution < 1.29 is 4.74 Å². The van der Waals surface area contributed by atoms with Crippen LogP contribution in [0.2, 0.25) is 0 Å². The first-order valence-electron chi connectivity index (χ1n) is 7.03. The third-order valence-electron chi connectivity index (χ3n) is 2.68. The zero-order chi connectivity index (χ0) is 13.3. The van der Waals surface area contributed by atoms with Gasteiger partial charge in [0.1, 0.15) is 0 Å². The van der Waals surface area contributed by atoms with E-state index in [-0.39, 0.29) is 6.10 Å². The third-order valence-corrected chi connectivity index (χ3v) is 2.68. The highest BCUT2D eigenvalue weighted by Gasteiger charge is 2.12. The Morgan fingerprint density at radius 3 is 1.94 bits per heavy atom. The van der Waals surface area contributed by atoms with Crippen molar-refractivity contribution in [1.82, 2.24) is 4.90 Å².